The molecule has 104 valence electrons. The zero-order chi connectivity index (χ0) is 13.4. The second-order valence-corrected chi connectivity index (χ2v) is 5.77. The van der Waals surface area contributed by atoms with Crippen LogP contribution in [0, 0.1) is 5.92 Å². The summed E-state index contributed by atoms with van der Waals surface area (Å²) in [5.41, 5.74) is 0.397. The van der Waals surface area contributed by atoms with E-state index in [1.54, 1.807) is 6.07 Å². The second kappa shape index (κ2) is 4.96. The van der Waals surface area contributed by atoms with Crippen molar-refractivity contribution in [1.29, 1.82) is 0 Å². The number of hydrogen-bond acceptors (Lipinski definition) is 4. The summed E-state index contributed by atoms with van der Waals surface area (Å²) in [4.78, 5) is 14.6. The zero-order valence-corrected chi connectivity index (χ0v) is 11.6. The van der Waals surface area contributed by atoms with Crippen molar-refractivity contribution in [2.75, 3.05) is 13.1 Å². The Labute approximate surface area is 113 Å². The number of nitrogens with one attached hydrogen (secondary N) is 1. The van der Waals surface area contributed by atoms with Crippen molar-refractivity contribution in [2.24, 2.45) is 5.92 Å². The lowest BCUT2D eigenvalue weighted by atomic mass is 10.1. The molecule has 1 saturated carbocycles. The predicted octanol–water partition coefficient (Wildman–Crippen LogP) is 1.45. The van der Waals surface area contributed by atoms with Crippen molar-refractivity contribution in [1.82, 2.24) is 15.4 Å². The Bertz CT molecular complexity index is 467. The summed E-state index contributed by atoms with van der Waals surface area (Å²) in [5, 5.41) is 6.91. The van der Waals surface area contributed by atoms with Crippen molar-refractivity contribution in [3.63, 3.8) is 0 Å². The van der Waals surface area contributed by atoms with Crippen LogP contribution >= 0.6 is 0 Å². The van der Waals surface area contributed by atoms with E-state index in [-0.39, 0.29) is 11.9 Å². The van der Waals surface area contributed by atoms with Crippen molar-refractivity contribution in [3.8, 4) is 0 Å². The number of aryl methyl sites for hydroxylation is 1. The first kappa shape index (κ1) is 12.7. The summed E-state index contributed by atoms with van der Waals surface area (Å²) in [5.74, 6) is 1.14. The molecule has 1 N–H and O–H groups in total. The van der Waals surface area contributed by atoms with E-state index >= 15 is 0 Å². The van der Waals surface area contributed by atoms with Crippen LogP contribution in [0.15, 0.2) is 10.6 Å². The Kier molecular flexibility index (Phi) is 3.31. The molecule has 3 rings (SSSR count). The first-order valence-electron chi connectivity index (χ1n) is 7.18. The van der Waals surface area contributed by atoms with Crippen LogP contribution < -0.4 is 5.32 Å². The minimum absolute atomic E-state index is 0.113. The minimum Gasteiger partial charge on any atom is -0.361 e. The number of likely N-dealkylation sites (tertiary alicyclic amines) is 1. The van der Waals surface area contributed by atoms with Gasteiger partial charge in [0.05, 0.1) is 0 Å². The van der Waals surface area contributed by atoms with Crippen molar-refractivity contribution in [2.45, 2.75) is 45.2 Å². The standard InChI is InChI=1S/C14H21N3O2/c1-3-11-6-12(16-19-11)14(18)15-13-8-17(7-9(13)2)10-4-5-10/h6,9-10,13H,3-5,7-8H2,1-2H3,(H,15,18)/t9-,13+/m1/s1. The van der Waals surface area contributed by atoms with Crippen LogP contribution in [0.5, 0.6) is 0 Å². The Hall–Kier alpha value is -1.36. The lowest BCUT2D eigenvalue weighted by Crippen LogP contribution is -2.40. The number of hydrogen-bond donors (Lipinski definition) is 1. The van der Waals surface area contributed by atoms with Gasteiger partial charge in [0.1, 0.15) is 5.76 Å². The van der Waals surface area contributed by atoms with E-state index in [4.69, 9.17) is 4.52 Å². The highest BCUT2D eigenvalue weighted by Gasteiger charge is 2.38. The fraction of sp³-hybridized carbons (Fsp3) is 0.714. The van der Waals surface area contributed by atoms with E-state index in [1.807, 2.05) is 6.92 Å². The number of amides is 1. The topological polar surface area (TPSA) is 58.4 Å². The minimum atomic E-state index is -0.113. The van der Waals surface area contributed by atoms with Crippen LogP contribution in [-0.2, 0) is 6.42 Å². The number of nitrogens with zero attached hydrogens (tertiary/aromatic N) is 2. The molecule has 2 aliphatic rings. The van der Waals surface area contributed by atoms with Crippen molar-refractivity contribution < 1.29 is 9.32 Å². The van der Waals surface area contributed by atoms with Gasteiger partial charge in [-0.15, -0.1) is 0 Å². The molecule has 5 heteroatoms. The van der Waals surface area contributed by atoms with Crippen LogP contribution in [0.3, 0.4) is 0 Å². The number of carbonyl (C=O) groups is 1. The molecule has 1 aliphatic heterocycles. The average molecular weight is 263 g/mol. The summed E-state index contributed by atoms with van der Waals surface area (Å²) >= 11 is 0. The third-order valence-corrected chi connectivity index (χ3v) is 4.16. The van der Waals surface area contributed by atoms with Crippen LogP contribution in [0.4, 0.5) is 0 Å². The van der Waals surface area contributed by atoms with Gasteiger partial charge in [0.15, 0.2) is 5.69 Å². The molecule has 2 fully saturated rings. The molecule has 1 aromatic rings. The van der Waals surface area contributed by atoms with Crippen LogP contribution in [0.2, 0.25) is 0 Å². The van der Waals surface area contributed by atoms with Gasteiger partial charge < -0.3 is 9.84 Å². The van der Waals surface area contributed by atoms with E-state index in [0.717, 1.165) is 31.3 Å². The van der Waals surface area contributed by atoms with Crippen LogP contribution in [0.25, 0.3) is 0 Å². The Morgan fingerprint density at radius 1 is 1.53 bits per heavy atom. The summed E-state index contributed by atoms with van der Waals surface area (Å²) in [7, 11) is 0. The Morgan fingerprint density at radius 3 is 2.95 bits per heavy atom. The Balaban J connectivity index is 1.59. The quantitative estimate of drug-likeness (QED) is 0.893. The zero-order valence-electron chi connectivity index (χ0n) is 11.6. The Morgan fingerprint density at radius 2 is 2.32 bits per heavy atom. The van der Waals surface area contributed by atoms with E-state index in [1.165, 1.54) is 12.8 Å². The highest BCUT2D eigenvalue weighted by atomic mass is 16.5. The summed E-state index contributed by atoms with van der Waals surface area (Å²) in [6.45, 7) is 6.24. The van der Waals surface area contributed by atoms with E-state index in [9.17, 15) is 4.79 Å². The average Bonchev–Trinajstić information content (AvgIpc) is 3.02. The molecular weight excluding hydrogens is 242 g/mol. The number of carbonyl (C=O) groups excluding carboxylic acids is 1. The van der Waals surface area contributed by atoms with Gasteiger partial charge in [-0.05, 0) is 18.8 Å². The van der Waals surface area contributed by atoms with E-state index < -0.39 is 0 Å². The molecule has 5 nitrogen and oxygen atoms in total. The van der Waals surface area contributed by atoms with E-state index in [2.05, 4.69) is 22.3 Å². The first-order chi connectivity index (χ1) is 9.17. The molecule has 0 unspecified atom stereocenters. The molecule has 2 atom stereocenters. The fourth-order valence-electron chi connectivity index (χ4n) is 2.76. The molecule has 19 heavy (non-hydrogen) atoms. The monoisotopic (exact) mass is 263 g/mol. The van der Waals surface area contributed by atoms with Gasteiger partial charge in [0.2, 0.25) is 0 Å². The maximum absolute atomic E-state index is 12.1. The normalized spacial score (nSPS) is 27.7. The lowest BCUT2D eigenvalue weighted by molar-refractivity contribution is 0.0922. The van der Waals surface area contributed by atoms with Gasteiger partial charge in [-0.1, -0.05) is 19.0 Å². The third kappa shape index (κ3) is 2.66. The third-order valence-electron chi connectivity index (χ3n) is 4.16. The maximum atomic E-state index is 12.1. The molecule has 1 aliphatic carbocycles. The number of aromatic nitrogens is 1. The molecule has 1 amide bonds. The summed E-state index contributed by atoms with van der Waals surface area (Å²) < 4.78 is 5.07. The van der Waals surface area contributed by atoms with Gasteiger partial charge >= 0.3 is 0 Å². The summed E-state index contributed by atoms with van der Waals surface area (Å²) in [6.07, 6.45) is 3.39. The first-order valence-corrected chi connectivity index (χ1v) is 7.18. The largest absolute Gasteiger partial charge is 0.361 e. The van der Waals surface area contributed by atoms with Gasteiger partial charge in [0, 0.05) is 37.7 Å². The van der Waals surface area contributed by atoms with Gasteiger partial charge in [-0.25, -0.2) is 0 Å². The lowest BCUT2D eigenvalue weighted by Gasteiger charge is -2.16. The van der Waals surface area contributed by atoms with Crippen molar-refractivity contribution in [3.05, 3.63) is 17.5 Å². The molecule has 0 aromatic carbocycles. The van der Waals surface area contributed by atoms with Gasteiger partial charge in [0.25, 0.3) is 5.91 Å². The molecule has 0 bridgehead atoms. The van der Waals surface area contributed by atoms with E-state index in [0.29, 0.717) is 11.6 Å². The van der Waals surface area contributed by atoms with Crippen LogP contribution in [-0.4, -0.2) is 41.1 Å². The molecule has 0 radical (unpaired) electrons. The second-order valence-electron chi connectivity index (χ2n) is 5.77. The molecule has 1 saturated heterocycles. The molecule has 1 aromatic heterocycles. The smallest absolute Gasteiger partial charge is 0.273 e. The highest BCUT2D eigenvalue weighted by Crippen LogP contribution is 2.31. The van der Waals surface area contributed by atoms with Gasteiger partial charge in [-0.2, -0.15) is 0 Å². The SMILES string of the molecule is CCc1cc(C(=O)N[C@H]2CN(C3CC3)C[C@H]2C)no1. The van der Waals surface area contributed by atoms with Crippen LogP contribution in [0.1, 0.15) is 42.9 Å². The highest BCUT2D eigenvalue weighted by molar-refractivity contribution is 5.92. The summed E-state index contributed by atoms with van der Waals surface area (Å²) in [6, 6.07) is 2.73. The predicted molar refractivity (Wildman–Crippen MR) is 70.9 cm³/mol. The maximum Gasteiger partial charge on any atom is 0.273 e. The van der Waals surface area contributed by atoms with Gasteiger partial charge in [-0.3, -0.25) is 9.69 Å². The molecule has 0 spiro atoms. The molecular formula is C14H21N3O2. The van der Waals surface area contributed by atoms with Crippen molar-refractivity contribution >= 4 is 5.91 Å². The fourth-order valence-corrected chi connectivity index (χ4v) is 2.76. The molecule has 2 heterocycles. The number of rotatable bonds is 4.